The highest BCUT2D eigenvalue weighted by molar-refractivity contribution is 8.00. The first kappa shape index (κ1) is 23.6. The van der Waals surface area contributed by atoms with Crippen molar-refractivity contribution in [1.82, 2.24) is 0 Å². The van der Waals surface area contributed by atoms with Crippen molar-refractivity contribution >= 4 is 40.6 Å². The van der Waals surface area contributed by atoms with Crippen molar-refractivity contribution in [3.63, 3.8) is 0 Å². The van der Waals surface area contributed by atoms with Crippen LogP contribution in [0, 0.1) is 10.1 Å². The second-order valence-corrected chi connectivity index (χ2v) is 7.77. The van der Waals surface area contributed by atoms with Gasteiger partial charge in [0.15, 0.2) is 0 Å². The number of nitrogens with one attached hydrogen (secondary N) is 2. The predicted octanol–water partition coefficient (Wildman–Crippen LogP) is 4.60. The fourth-order valence-corrected chi connectivity index (χ4v) is 3.50. The van der Waals surface area contributed by atoms with Gasteiger partial charge in [-0.2, -0.15) is 0 Å². The van der Waals surface area contributed by atoms with E-state index in [1.54, 1.807) is 42.5 Å². The van der Waals surface area contributed by atoms with Crippen LogP contribution in [0.2, 0.25) is 0 Å². The predicted molar refractivity (Wildman–Crippen MR) is 126 cm³/mol. The van der Waals surface area contributed by atoms with E-state index in [-0.39, 0.29) is 23.3 Å². The van der Waals surface area contributed by atoms with Gasteiger partial charge in [-0.05, 0) is 36.4 Å². The number of rotatable bonds is 9. The zero-order valence-electron chi connectivity index (χ0n) is 17.9. The molecule has 10 heteroatoms. The largest absolute Gasteiger partial charge is 0.497 e. The maximum Gasteiger partial charge on any atom is 0.269 e. The molecule has 0 saturated heterocycles. The quantitative estimate of drug-likeness (QED) is 0.268. The number of thioether (sulfide) groups is 1. The van der Waals surface area contributed by atoms with E-state index in [2.05, 4.69) is 10.6 Å². The first-order valence-corrected chi connectivity index (χ1v) is 10.7. The van der Waals surface area contributed by atoms with E-state index in [4.69, 9.17) is 9.47 Å². The molecule has 0 aromatic heterocycles. The summed E-state index contributed by atoms with van der Waals surface area (Å²) in [5.74, 6) is 0.769. The summed E-state index contributed by atoms with van der Waals surface area (Å²) in [6.45, 7) is 0. The number of hydrogen-bond donors (Lipinski definition) is 2. The molecule has 9 nitrogen and oxygen atoms in total. The van der Waals surface area contributed by atoms with Crippen LogP contribution in [0.25, 0.3) is 0 Å². The average Bonchev–Trinajstić information content (AvgIpc) is 2.83. The van der Waals surface area contributed by atoms with Crippen molar-refractivity contribution in [2.45, 2.75) is 4.90 Å². The molecule has 0 aliphatic heterocycles. The lowest BCUT2D eigenvalue weighted by Gasteiger charge is -2.10. The summed E-state index contributed by atoms with van der Waals surface area (Å²) in [5.41, 5.74) is 1.36. The molecule has 0 unspecified atom stereocenters. The number of carbonyl (C=O) groups is 2. The second-order valence-electron chi connectivity index (χ2n) is 6.72. The lowest BCUT2D eigenvalue weighted by molar-refractivity contribution is -0.384. The fraction of sp³-hybridized carbons (Fsp3) is 0.130. The van der Waals surface area contributed by atoms with Crippen LogP contribution in [0.3, 0.4) is 0 Å². The molecule has 0 saturated carbocycles. The smallest absolute Gasteiger partial charge is 0.269 e. The topological polar surface area (TPSA) is 120 Å². The van der Waals surface area contributed by atoms with Crippen molar-refractivity contribution in [2.24, 2.45) is 0 Å². The summed E-state index contributed by atoms with van der Waals surface area (Å²) in [4.78, 5) is 35.6. The van der Waals surface area contributed by atoms with Crippen LogP contribution in [-0.2, 0) is 4.79 Å². The van der Waals surface area contributed by atoms with Gasteiger partial charge in [-0.15, -0.1) is 11.8 Å². The summed E-state index contributed by atoms with van der Waals surface area (Å²) >= 11 is 1.34. The Morgan fingerprint density at radius 3 is 2.03 bits per heavy atom. The third kappa shape index (κ3) is 6.71. The van der Waals surface area contributed by atoms with Gasteiger partial charge in [0.25, 0.3) is 11.6 Å². The van der Waals surface area contributed by atoms with Gasteiger partial charge in [-0.3, -0.25) is 19.7 Å². The van der Waals surface area contributed by atoms with Gasteiger partial charge in [-0.25, -0.2) is 0 Å². The molecule has 0 spiro atoms. The zero-order valence-corrected chi connectivity index (χ0v) is 18.7. The van der Waals surface area contributed by atoms with Gasteiger partial charge in [0.05, 0.1) is 24.9 Å². The van der Waals surface area contributed by atoms with Crippen molar-refractivity contribution in [1.29, 1.82) is 0 Å². The van der Waals surface area contributed by atoms with Crippen molar-refractivity contribution in [2.75, 3.05) is 30.6 Å². The molecule has 2 N–H and O–H groups in total. The Balaban J connectivity index is 1.52. The summed E-state index contributed by atoms with van der Waals surface area (Å²) in [5, 5.41) is 16.3. The highest BCUT2D eigenvalue weighted by Gasteiger charge is 2.11. The zero-order chi connectivity index (χ0) is 23.8. The first-order chi connectivity index (χ1) is 15.9. The molecule has 170 valence electrons. The van der Waals surface area contributed by atoms with Gasteiger partial charge >= 0.3 is 0 Å². The van der Waals surface area contributed by atoms with E-state index in [1.165, 1.54) is 50.2 Å². The number of nitrogens with zero attached hydrogens (tertiary/aromatic N) is 1. The van der Waals surface area contributed by atoms with Crippen LogP contribution in [0.4, 0.5) is 17.1 Å². The molecule has 0 atom stereocenters. The summed E-state index contributed by atoms with van der Waals surface area (Å²) < 4.78 is 10.4. The van der Waals surface area contributed by atoms with E-state index in [1.807, 2.05) is 0 Å². The molecular formula is C23H21N3O6S. The number of methoxy groups -OCH3 is 2. The molecule has 3 rings (SSSR count). The number of benzene rings is 3. The number of carbonyl (C=O) groups excluding carboxylic acids is 2. The standard InChI is InChI=1S/C23H21N3O6S/c1-31-19-11-17(12-20(13-19)32-2)24-22(27)14-33-21-9-5-16(6-10-21)25-23(28)15-3-7-18(8-4-15)26(29)30/h3-13H,14H2,1-2H3,(H,24,27)(H,25,28). The van der Waals surface area contributed by atoms with Crippen molar-refractivity contribution < 1.29 is 24.0 Å². The number of non-ortho nitro benzene ring substituents is 1. The lowest BCUT2D eigenvalue weighted by atomic mass is 10.2. The number of hydrogen-bond acceptors (Lipinski definition) is 7. The monoisotopic (exact) mass is 467 g/mol. The molecule has 0 radical (unpaired) electrons. The molecule has 0 fully saturated rings. The number of amides is 2. The van der Waals surface area contributed by atoms with Crippen LogP contribution in [0.15, 0.2) is 71.6 Å². The van der Waals surface area contributed by atoms with Gasteiger partial charge in [0.1, 0.15) is 11.5 Å². The number of nitro groups is 1. The summed E-state index contributed by atoms with van der Waals surface area (Å²) in [7, 11) is 3.07. The Morgan fingerprint density at radius 1 is 0.879 bits per heavy atom. The normalized spacial score (nSPS) is 10.2. The molecular weight excluding hydrogens is 446 g/mol. The third-order valence-corrected chi connectivity index (χ3v) is 5.47. The van der Waals surface area contributed by atoms with E-state index in [9.17, 15) is 19.7 Å². The van der Waals surface area contributed by atoms with E-state index in [0.717, 1.165) is 4.90 Å². The van der Waals surface area contributed by atoms with Crippen LogP contribution < -0.4 is 20.1 Å². The molecule has 3 aromatic rings. The van der Waals surface area contributed by atoms with Gasteiger partial charge in [-0.1, -0.05) is 0 Å². The molecule has 0 heterocycles. The molecule has 0 bridgehead atoms. The summed E-state index contributed by atoms with van der Waals surface area (Å²) in [6.07, 6.45) is 0. The van der Waals surface area contributed by atoms with Crippen LogP contribution >= 0.6 is 11.8 Å². The summed E-state index contributed by atoms with van der Waals surface area (Å²) in [6, 6.07) is 17.5. The highest BCUT2D eigenvalue weighted by Crippen LogP contribution is 2.26. The number of ether oxygens (including phenoxy) is 2. The Labute approximate surface area is 194 Å². The maximum absolute atomic E-state index is 12.3. The minimum atomic E-state index is -0.522. The Morgan fingerprint density at radius 2 is 1.48 bits per heavy atom. The van der Waals surface area contributed by atoms with Gasteiger partial charge < -0.3 is 20.1 Å². The SMILES string of the molecule is COc1cc(NC(=O)CSc2ccc(NC(=O)c3ccc([N+](=O)[O-])cc3)cc2)cc(OC)c1. The molecule has 0 aliphatic carbocycles. The number of nitro benzene ring substituents is 1. The van der Waals surface area contributed by atoms with Gasteiger partial charge in [0, 0.05) is 52.2 Å². The van der Waals surface area contributed by atoms with E-state index in [0.29, 0.717) is 28.4 Å². The minimum Gasteiger partial charge on any atom is -0.497 e. The van der Waals surface area contributed by atoms with Crippen molar-refractivity contribution in [3.05, 3.63) is 82.4 Å². The lowest BCUT2D eigenvalue weighted by Crippen LogP contribution is -2.14. The van der Waals surface area contributed by atoms with E-state index < -0.39 is 4.92 Å². The average molecular weight is 468 g/mol. The van der Waals surface area contributed by atoms with Crippen LogP contribution in [0.1, 0.15) is 10.4 Å². The molecule has 2 amide bonds. The van der Waals surface area contributed by atoms with Crippen molar-refractivity contribution in [3.8, 4) is 11.5 Å². The fourth-order valence-electron chi connectivity index (χ4n) is 2.80. The van der Waals surface area contributed by atoms with Crippen LogP contribution in [0.5, 0.6) is 11.5 Å². The maximum atomic E-state index is 12.3. The third-order valence-electron chi connectivity index (χ3n) is 4.46. The molecule has 3 aromatic carbocycles. The highest BCUT2D eigenvalue weighted by atomic mass is 32.2. The Hall–Kier alpha value is -4.05. The van der Waals surface area contributed by atoms with Crippen LogP contribution in [-0.4, -0.2) is 36.7 Å². The minimum absolute atomic E-state index is 0.0810. The second kappa shape index (κ2) is 11.0. The molecule has 33 heavy (non-hydrogen) atoms. The molecule has 0 aliphatic rings. The Kier molecular flexibility index (Phi) is 7.87. The first-order valence-electron chi connectivity index (χ1n) is 9.69. The van der Waals surface area contributed by atoms with E-state index >= 15 is 0 Å². The Bertz CT molecular complexity index is 1130. The number of anilines is 2. The van der Waals surface area contributed by atoms with Gasteiger partial charge in [0.2, 0.25) is 5.91 Å².